The number of hydrogen-bond acceptors (Lipinski definition) is 6. The van der Waals surface area contributed by atoms with Crippen LogP contribution in [0.3, 0.4) is 0 Å². The molecule has 0 aliphatic rings. The third-order valence-electron chi connectivity index (χ3n) is 6.29. The number of carbonyl (C=O) groups excluding carboxylic acids is 3. The molecular weight excluding hydrogens is 551 g/mol. The summed E-state index contributed by atoms with van der Waals surface area (Å²) in [6.45, 7) is 0. The lowest BCUT2D eigenvalue weighted by molar-refractivity contribution is -0.113. The SMILES string of the molecule is COc1cc(OC)c(OC)cc1/C=C/C(=O)c1ccc(NC(=O)/C(=C/c2ccc(F)cc2)NC(=O)c2ccccc2)cc1. The molecule has 0 atom stereocenters. The normalized spacial score (nSPS) is 11.1. The first-order chi connectivity index (χ1) is 20.8. The average molecular weight is 581 g/mol. The van der Waals surface area contributed by atoms with Crippen molar-refractivity contribution in [2.45, 2.75) is 0 Å². The summed E-state index contributed by atoms with van der Waals surface area (Å²) < 4.78 is 29.4. The quantitative estimate of drug-likeness (QED) is 0.163. The van der Waals surface area contributed by atoms with Crippen molar-refractivity contribution in [1.82, 2.24) is 5.32 Å². The Morgan fingerprint density at radius 3 is 1.98 bits per heavy atom. The molecule has 8 nitrogen and oxygen atoms in total. The molecule has 2 N–H and O–H groups in total. The van der Waals surface area contributed by atoms with Crippen molar-refractivity contribution in [1.29, 1.82) is 0 Å². The maximum Gasteiger partial charge on any atom is 0.272 e. The van der Waals surface area contributed by atoms with Crippen LogP contribution in [0.15, 0.2) is 103 Å². The predicted molar refractivity (Wildman–Crippen MR) is 163 cm³/mol. The fraction of sp³-hybridized carbons (Fsp3) is 0.0882. The lowest BCUT2D eigenvalue weighted by Gasteiger charge is -2.12. The number of methoxy groups -OCH3 is 3. The molecule has 0 radical (unpaired) electrons. The fourth-order valence-electron chi connectivity index (χ4n) is 4.03. The zero-order valence-corrected chi connectivity index (χ0v) is 23.7. The van der Waals surface area contributed by atoms with Gasteiger partial charge in [0.25, 0.3) is 11.8 Å². The van der Waals surface area contributed by atoms with Gasteiger partial charge < -0.3 is 24.8 Å². The van der Waals surface area contributed by atoms with E-state index in [2.05, 4.69) is 10.6 Å². The van der Waals surface area contributed by atoms with Gasteiger partial charge in [0.1, 0.15) is 17.3 Å². The van der Waals surface area contributed by atoms with E-state index in [0.717, 1.165) is 0 Å². The van der Waals surface area contributed by atoms with E-state index < -0.39 is 17.6 Å². The number of ketones is 1. The third-order valence-corrected chi connectivity index (χ3v) is 6.29. The first-order valence-electron chi connectivity index (χ1n) is 13.1. The minimum absolute atomic E-state index is 0.0487. The minimum atomic E-state index is -0.604. The highest BCUT2D eigenvalue weighted by Gasteiger charge is 2.16. The Labute approximate surface area is 248 Å². The largest absolute Gasteiger partial charge is 0.496 e. The van der Waals surface area contributed by atoms with E-state index in [0.29, 0.717) is 45.2 Å². The van der Waals surface area contributed by atoms with Crippen LogP contribution in [0.25, 0.3) is 12.2 Å². The molecule has 2 amide bonds. The first-order valence-corrected chi connectivity index (χ1v) is 13.1. The summed E-state index contributed by atoms with van der Waals surface area (Å²) >= 11 is 0. The summed E-state index contributed by atoms with van der Waals surface area (Å²) in [7, 11) is 4.55. The topological polar surface area (TPSA) is 103 Å². The van der Waals surface area contributed by atoms with Crippen LogP contribution in [0.5, 0.6) is 17.2 Å². The van der Waals surface area contributed by atoms with Gasteiger partial charge in [0, 0.05) is 28.4 Å². The first kappa shape index (κ1) is 30.3. The van der Waals surface area contributed by atoms with E-state index in [4.69, 9.17) is 14.2 Å². The van der Waals surface area contributed by atoms with Crippen LogP contribution < -0.4 is 24.8 Å². The monoisotopic (exact) mass is 580 g/mol. The second kappa shape index (κ2) is 14.3. The van der Waals surface area contributed by atoms with Gasteiger partial charge in [-0.1, -0.05) is 30.3 Å². The van der Waals surface area contributed by atoms with Crippen molar-refractivity contribution in [2.75, 3.05) is 26.6 Å². The van der Waals surface area contributed by atoms with Gasteiger partial charge in [0.05, 0.1) is 21.3 Å². The molecule has 4 aromatic rings. The van der Waals surface area contributed by atoms with Crippen molar-refractivity contribution >= 4 is 35.4 Å². The molecule has 0 aromatic heterocycles. The van der Waals surface area contributed by atoms with Crippen molar-refractivity contribution in [3.05, 3.63) is 131 Å². The highest BCUT2D eigenvalue weighted by Crippen LogP contribution is 2.35. The highest BCUT2D eigenvalue weighted by atomic mass is 19.1. The van der Waals surface area contributed by atoms with Gasteiger partial charge in [-0.2, -0.15) is 0 Å². The number of hydrogen-bond donors (Lipinski definition) is 2. The van der Waals surface area contributed by atoms with Crippen LogP contribution in [0, 0.1) is 5.82 Å². The van der Waals surface area contributed by atoms with Gasteiger partial charge in [-0.15, -0.1) is 0 Å². The van der Waals surface area contributed by atoms with E-state index in [-0.39, 0.29) is 11.5 Å². The molecule has 0 saturated carbocycles. The molecular formula is C34H29FN2O6. The number of carbonyl (C=O) groups is 3. The van der Waals surface area contributed by atoms with Gasteiger partial charge in [-0.05, 0) is 78.4 Å². The zero-order chi connectivity index (χ0) is 30.8. The summed E-state index contributed by atoms with van der Waals surface area (Å²) in [5.74, 6) is -0.302. The molecule has 218 valence electrons. The molecule has 9 heteroatoms. The number of allylic oxidation sites excluding steroid dienone is 1. The van der Waals surface area contributed by atoms with E-state index in [9.17, 15) is 18.8 Å². The standard InChI is InChI=1S/C34H29FN2O6/c1-41-30-21-32(43-3)31(42-2)20-25(30)13-18-29(38)23-11-16-27(17-12-23)36-34(40)28(19-22-9-14-26(35)15-10-22)37-33(39)24-7-5-4-6-8-24/h4-21H,1-3H3,(H,36,40)(H,37,39)/b18-13+,28-19-. The molecule has 0 fully saturated rings. The predicted octanol–water partition coefficient (Wildman–Crippen LogP) is 6.16. The van der Waals surface area contributed by atoms with E-state index >= 15 is 0 Å². The molecule has 0 saturated heterocycles. The maximum absolute atomic E-state index is 13.4. The Morgan fingerprint density at radius 1 is 0.721 bits per heavy atom. The van der Waals surface area contributed by atoms with Crippen LogP contribution >= 0.6 is 0 Å². The number of halogens is 1. The lowest BCUT2D eigenvalue weighted by atomic mass is 10.1. The van der Waals surface area contributed by atoms with Crippen molar-refractivity contribution in [2.24, 2.45) is 0 Å². The average Bonchev–Trinajstić information content (AvgIpc) is 3.04. The molecule has 43 heavy (non-hydrogen) atoms. The van der Waals surface area contributed by atoms with Crippen molar-refractivity contribution < 1.29 is 33.0 Å². The Kier molecular flexibility index (Phi) is 10.0. The Balaban J connectivity index is 1.50. The van der Waals surface area contributed by atoms with Gasteiger partial charge in [0.15, 0.2) is 17.3 Å². The highest BCUT2D eigenvalue weighted by molar-refractivity contribution is 6.11. The van der Waals surface area contributed by atoms with Crippen LogP contribution in [0.4, 0.5) is 10.1 Å². The summed E-state index contributed by atoms with van der Waals surface area (Å²) in [6, 6.07) is 23.6. The fourth-order valence-corrected chi connectivity index (χ4v) is 4.03. The molecule has 0 spiro atoms. The summed E-state index contributed by atoms with van der Waals surface area (Å²) in [5.41, 5.74) is 2.22. The lowest BCUT2D eigenvalue weighted by Crippen LogP contribution is -2.30. The number of benzene rings is 4. The number of ether oxygens (including phenoxy) is 3. The maximum atomic E-state index is 13.4. The van der Waals surface area contributed by atoms with E-state index in [1.807, 2.05) is 0 Å². The smallest absolute Gasteiger partial charge is 0.272 e. The number of rotatable bonds is 11. The summed E-state index contributed by atoms with van der Waals surface area (Å²) in [6.07, 6.45) is 4.46. The van der Waals surface area contributed by atoms with Gasteiger partial charge in [-0.3, -0.25) is 14.4 Å². The number of anilines is 1. The molecule has 0 heterocycles. The van der Waals surface area contributed by atoms with Gasteiger partial charge in [0.2, 0.25) is 0 Å². The molecule has 0 unspecified atom stereocenters. The molecule has 4 rings (SSSR count). The molecule has 0 aliphatic carbocycles. The second-order valence-electron chi connectivity index (χ2n) is 9.11. The number of nitrogens with one attached hydrogen (secondary N) is 2. The van der Waals surface area contributed by atoms with Crippen LogP contribution in [0.1, 0.15) is 31.8 Å². The van der Waals surface area contributed by atoms with Crippen LogP contribution in [0.2, 0.25) is 0 Å². The van der Waals surface area contributed by atoms with Gasteiger partial charge >= 0.3 is 0 Å². The van der Waals surface area contributed by atoms with Crippen molar-refractivity contribution in [3.8, 4) is 17.2 Å². The second-order valence-corrected chi connectivity index (χ2v) is 9.11. The van der Waals surface area contributed by atoms with E-state index in [1.54, 1.807) is 72.8 Å². The van der Waals surface area contributed by atoms with Crippen LogP contribution in [-0.4, -0.2) is 38.9 Å². The Hall–Kier alpha value is -5.70. The molecule has 0 aliphatic heterocycles. The minimum Gasteiger partial charge on any atom is -0.496 e. The summed E-state index contributed by atoms with van der Waals surface area (Å²) in [5, 5.41) is 5.35. The zero-order valence-electron chi connectivity index (χ0n) is 23.7. The Bertz CT molecular complexity index is 1660. The molecule has 4 aromatic carbocycles. The van der Waals surface area contributed by atoms with Crippen LogP contribution in [-0.2, 0) is 4.79 Å². The van der Waals surface area contributed by atoms with Gasteiger partial charge in [-0.25, -0.2) is 4.39 Å². The molecule has 0 bridgehead atoms. The van der Waals surface area contributed by atoms with Crippen molar-refractivity contribution in [3.63, 3.8) is 0 Å². The van der Waals surface area contributed by atoms with E-state index in [1.165, 1.54) is 57.7 Å². The third kappa shape index (κ3) is 7.95. The summed E-state index contributed by atoms with van der Waals surface area (Å²) in [4.78, 5) is 38.9. The Morgan fingerprint density at radius 2 is 1.35 bits per heavy atom. The number of amides is 2.